The van der Waals surface area contributed by atoms with E-state index >= 15 is 0 Å². The zero-order valence-electron chi connectivity index (χ0n) is 14.2. The van der Waals surface area contributed by atoms with E-state index in [0.29, 0.717) is 17.5 Å². The lowest BCUT2D eigenvalue weighted by Crippen LogP contribution is -2.43. The molecule has 6 nitrogen and oxygen atoms in total. The number of fused-ring (bicyclic) bond motifs is 1. The molecule has 3 aromatic rings. The molecule has 26 heavy (non-hydrogen) atoms. The molecule has 0 aliphatic rings. The van der Waals surface area contributed by atoms with Gasteiger partial charge in [-0.05, 0) is 29.8 Å². The van der Waals surface area contributed by atoms with Crippen LogP contribution in [-0.4, -0.2) is 30.0 Å². The highest BCUT2D eigenvalue weighted by atomic mass is 16.5. The maximum absolute atomic E-state index is 12.5. The summed E-state index contributed by atoms with van der Waals surface area (Å²) in [5.74, 6) is -0.961. The van der Waals surface area contributed by atoms with Crippen LogP contribution in [0.4, 0.5) is 0 Å². The van der Waals surface area contributed by atoms with Crippen LogP contribution in [0.2, 0.25) is 0 Å². The summed E-state index contributed by atoms with van der Waals surface area (Å²) >= 11 is 0. The van der Waals surface area contributed by atoms with Gasteiger partial charge < -0.3 is 15.0 Å². The summed E-state index contributed by atoms with van der Waals surface area (Å²) in [5, 5.41) is 12.7. The second-order valence-electron chi connectivity index (χ2n) is 5.81. The minimum atomic E-state index is -0.836. The van der Waals surface area contributed by atoms with Gasteiger partial charge >= 0.3 is 5.97 Å². The first-order chi connectivity index (χ1) is 12.6. The average Bonchev–Trinajstić information content (AvgIpc) is 3.09. The molecule has 0 radical (unpaired) electrons. The molecule has 1 aromatic heterocycles. The molecule has 6 heteroatoms. The van der Waals surface area contributed by atoms with Crippen LogP contribution in [0.1, 0.15) is 21.5 Å². The Kier molecular flexibility index (Phi) is 4.99. The van der Waals surface area contributed by atoms with Gasteiger partial charge in [-0.3, -0.25) is 4.79 Å². The van der Waals surface area contributed by atoms with Gasteiger partial charge in [-0.2, -0.15) is 5.26 Å². The van der Waals surface area contributed by atoms with Gasteiger partial charge in [0.1, 0.15) is 6.04 Å². The van der Waals surface area contributed by atoms with Crippen molar-refractivity contribution in [2.45, 2.75) is 12.5 Å². The van der Waals surface area contributed by atoms with E-state index < -0.39 is 17.9 Å². The first kappa shape index (κ1) is 17.2. The molecule has 0 aliphatic heterocycles. The van der Waals surface area contributed by atoms with Gasteiger partial charge in [-0.15, -0.1) is 0 Å². The molecule has 1 amide bonds. The number of aromatic amines is 1. The summed E-state index contributed by atoms with van der Waals surface area (Å²) in [5.41, 5.74) is 2.56. The van der Waals surface area contributed by atoms with Gasteiger partial charge in [0.05, 0.1) is 18.7 Å². The number of nitriles is 1. The Morgan fingerprint density at radius 3 is 2.81 bits per heavy atom. The predicted molar refractivity (Wildman–Crippen MR) is 96.4 cm³/mol. The SMILES string of the molecule is COC(=O)[C@H](Cc1c[nH]c2ccccc12)NC(=O)c1cccc(C#N)c1. The highest BCUT2D eigenvalue weighted by Crippen LogP contribution is 2.19. The van der Waals surface area contributed by atoms with Crippen LogP contribution in [0.25, 0.3) is 10.9 Å². The van der Waals surface area contributed by atoms with Crippen LogP contribution in [0.5, 0.6) is 0 Å². The van der Waals surface area contributed by atoms with Crippen molar-refractivity contribution in [3.8, 4) is 6.07 Å². The topological polar surface area (TPSA) is 95.0 Å². The van der Waals surface area contributed by atoms with Crippen molar-refractivity contribution < 1.29 is 14.3 Å². The van der Waals surface area contributed by atoms with Gasteiger partial charge in [0.15, 0.2) is 0 Å². The highest BCUT2D eigenvalue weighted by molar-refractivity contribution is 5.97. The maximum Gasteiger partial charge on any atom is 0.328 e. The van der Waals surface area contributed by atoms with Crippen LogP contribution < -0.4 is 5.32 Å². The zero-order chi connectivity index (χ0) is 18.5. The van der Waals surface area contributed by atoms with E-state index in [4.69, 9.17) is 10.00 Å². The minimum absolute atomic E-state index is 0.292. The van der Waals surface area contributed by atoms with Crippen LogP contribution in [-0.2, 0) is 16.0 Å². The summed E-state index contributed by atoms with van der Waals surface area (Å²) in [6, 6.07) is 15.2. The Bertz CT molecular complexity index is 1000. The number of carbonyl (C=O) groups excluding carboxylic acids is 2. The summed E-state index contributed by atoms with van der Waals surface area (Å²) in [6.07, 6.45) is 2.11. The number of carbonyl (C=O) groups is 2. The molecule has 0 unspecified atom stereocenters. The Balaban J connectivity index is 1.83. The van der Waals surface area contributed by atoms with E-state index in [1.807, 2.05) is 36.5 Å². The van der Waals surface area contributed by atoms with Crippen LogP contribution in [0.15, 0.2) is 54.7 Å². The number of hydrogen-bond acceptors (Lipinski definition) is 4. The second kappa shape index (κ2) is 7.53. The van der Waals surface area contributed by atoms with E-state index in [-0.39, 0.29) is 0 Å². The molecule has 0 bridgehead atoms. The zero-order valence-corrected chi connectivity index (χ0v) is 14.2. The van der Waals surface area contributed by atoms with Crippen molar-refractivity contribution in [3.05, 3.63) is 71.4 Å². The molecule has 2 N–H and O–H groups in total. The molecule has 130 valence electrons. The van der Waals surface area contributed by atoms with Gasteiger partial charge in [0.2, 0.25) is 0 Å². The summed E-state index contributed by atoms with van der Waals surface area (Å²) in [6.45, 7) is 0. The summed E-state index contributed by atoms with van der Waals surface area (Å²) in [7, 11) is 1.28. The molecule has 1 atom stereocenters. The van der Waals surface area contributed by atoms with Crippen molar-refractivity contribution in [1.29, 1.82) is 5.26 Å². The lowest BCUT2D eigenvalue weighted by Gasteiger charge is -2.16. The number of benzene rings is 2. The van der Waals surface area contributed by atoms with Crippen molar-refractivity contribution in [2.75, 3.05) is 7.11 Å². The molecule has 1 heterocycles. The summed E-state index contributed by atoms with van der Waals surface area (Å²) in [4.78, 5) is 27.8. The van der Waals surface area contributed by atoms with Crippen molar-refractivity contribution in [2.24, 2.45) is 0 Å². The predicted octanol–water partition coefficient (Wildman–Crippen LogP) is 2.55. The number of amides is 1. The molecular weight excluding hydrogens is 330 g/mol. The van der Waals surface area contributed by atoms with Gasteiger partial charge in [-0.25, -0.2) is 4.79 Å². The van der Waals surface area contributed by atoms with E-state index in [9.17, 15) is 9.59 Å². The third kappa shape index (κ3) is 3.57. The molecule has 0 saturated carbocycles. The first-order valence-electron chi connectivity index (χ1n) is 8.06. The molecule has 2 aromatic carbocycles. The van der Waals surface area contributed by atoms with E-state index in [1.54, 1.807) is 18.2 Å². The quantitative estimate of drug-likeness (QED) is 0.694. The third-order valence-corrected chi connectivity index (χ3v) is 4.14. The minimum Gasteiger partial charge on any atom is -0.467 e. The Labute approximate surface area is 150 Å². The van der Waals surface area contributed by atoms with Crippen molar-refractivity contribution >= 4 is 22.8 Å². The Hall–Kier alpha value is -3.59. The number of esters is 1. The standard InChI is InChI=1S/C20H17N3O3/c1-26-20(25)18(10-15-12-22-17-8-3-2-7-16(15)17)23-19(24)14-6-4-5-13(9-14)11-21/h2-9,12,18,22H,10H2,1H3,(H,23,24)/t18-/m0/s1. The molecule has 0 aliphatic carbocycles. The largest absolute Gasteiger partial charge is 0.467 e. The van der Waals surface area contributed by atoms with Gasteiger partial charge in [0, 0.05) is 29.1 Å². The maximum atomic E-state index is 12.5. The van der Waals surface area contributed by atoms with Gasteiger partial charge in [0.25, 0.3) is 5.91 Å². The fourth-order valence-corrected chi connectivity index (χ4v) is 2.83. The number of rotatable bonds is 5. The number of para-hydroxylation sites is 1. The molecular formula is C20H17N3O3. The van der Waals surface area contributed by atoms with Crippen molar-refractivity contribution in [1.82, 2.24) is 10.3 Å². The lowest BCUT2D eigenvalue weighted by molar-refractivity contribution is -0.142. The van der Waals surface area contributed by atoms with E-state index in [1.165, 1.54) is 13.2 Å². The number of ether oxygens (including phenoxy) is 1. The average molecular weight is 347 g/mol. The number of nitrogens with zero attached hydrogens (tertiary/aromatic N) is 1. The number of H-pyrrole nitrogens is 1. The Morgan fingerprint density at radius 1 is 1.23 bits per heavy atom. The number of aromatic nitrogens is 1. The third-order valence-electron chi connectivity index (χ3n) is 4.14. The second-order valence-corrected chi connectivity index (χ2v) is 5.81. The fourth-order valence-electron chi connectivity index (χ4n) is 2.83. The molecule has 3 rings (SSSR count). The monoisotopic (exact) mass is 347 g/mol. The van der Waals surface area contributed by atoms with Crippen LogP contribution in [0.3, 0.4) is 0 Å². The van der Waals surface area contributed by atoms with Crippen LogP contribution in [0, 0.1) is 11.3 Å². The molecule has 0 fully saturated rings. The van der Waals surface area contributed by atoms with E-state index in [2.05, 4.69) is 10.3 Å². The number of methoxy groups -OCH3 is 1. The lowest BCUT2D eigenvalue weighted by atomic mass is 10.0. The van der Waals surface area contributed by atoms with E-state index in [0.717, 1.165) is 16.5 Å². The highest BCUT2D eigenvalue weighted by Gasteiger charge is 2.24. The molecule has 0 saturated heterocycles. The fraction of sp³-hybridized carbons (Fsp3) is 0.150. The smallest absolute Gasteiger partial charge is 0.328 e. The summed E-state index contributed by atoms with van der Waals surface area (Å²) < 4.78 is 4.84. The van der Waals surface area contributed by atoms with Crippen LogP contribution >= 0.6 is 0 Å². The molecule has 0 spiro atoms. The number of nitrogens with one attached hydrogen (secondary N) is 2. The normalized spacial score (nSPS) is 11.5. The van der Waals surface area contributed by atoms with Gasteiger partial charge in [-0.1, -0.05) is 24.3 Å². The Morgan fingerprint density at radius 2 is 2.04 bits per heavy atom. The van der Waals surface area contributed by atoms with Crippen molar-refractivity contribution in [3.63, 3.8) is 0 Å². The number of hydrogen-bond donors (Lipinski definition) is 2. The first-order valence-corrected chi connectivity index (χ1v) is 8.06.